The highest BCUT2D eigenvalue weighted by molar-refractivity contribution is 6.30. The monoisotopic (exact) mass is 186 g/mol. The molecule has 0 amide bonds. The molecule has 0 aliphatic carbocycles. The Labute approximate surface area is 75.9 Å². The summed E-state index contributed by atoms with van der Waals surface area (Å²) < 4.78 is 0. The van der Waals surface area contributed by atoms with Gasteiger partial charge in [0.1, 0.15) is 0 Å². The predicted molar refractivity (Wildman–Crippen MR) is 49.9 cm³/mol. The second-order valence-corrected chi connectivity index (χ2v) is 2.96. The highest BCUT2D eigenvalue weighted by Gasteiger charge is 2.08. The maximum Gasteiger partial charge on any atom is 0.0932 e. The number of nitrogens with two attached hydrogens (primary N) is 2. The quantitative estimate of drug-likeness (QED) is 0.602. The second-order valence-electron chi connectivity index (χ2n) is 2.52. The highest BCUT2D eigenvalue weighted by Crippen LogP contribution is 2.22. The van der Waals surface area contributed by atoms with E-state index in [0.717, 1.165) is 0 Å². The number of rotatable bonds is 2. The van der Waals surface area contributed by atoms with Crippen LogP contribution < -0.4 is 11.5 Å². The van der Waals surface area contributed by atoms with Crippen LogP contribution in [0.25, 0.3) is 0 Å². The van der Waals surface area contributed by atoms with E-state index in [0.29, 0.717) is 16.3 Å². The molecule has 0 saturated heterocycles. The smallest absolute Gasteiger partial charge is 0.0932 e. The van der Waals surface area contributed by atoms with E-state index in [2.05, 4.69) is 0 Å². The molecule has 0 fully saturated rings. The molecule has 1 aromatic rings. The molecule has 0 heterocycles. The lowest BCUT2D eigenvalue weighted by Crippen LogP contribution is -2.13. The summed E-state index contributed by atoms with van der Waals surface area (Å²) in [6, 6.07) is 4.94. The van der Waals surface area contributed by atoms with Gasteiger partial charge < -0.3 is 16.6 Å². The average Bonchev–Trinajstić information content (AvgIpc) is 2.03. The maximum atomic E-state index is 9.35. The van der Waals surface area contributed by atoms with Crippen LogP contribution >= 0.6 is 11.6 Å². The fraction of sp³-hybridized carbons (Fsp3) is 0.250. The van der Waals surface area contributed by atoms with Crippen molar-refractivity contribution in [2.24, 2.45) is 5.73 Å². The van der Waals surface area contributed by atoms with Crippen LogP contribution in [0.2, 0.25) is 5.02 Å². The summed E-state index contributed by atoms with van der Waals surface area (Å²) in [5.74, 6) is 0. The largest absolute Gasteiger partial charge is 0.398 e. The molecule has 0 radical (unpaired) electrons. The molecule has 0 aromatic heterocycles. The van der Waals surface area contributed by atoms with E-state index in [1.165, 1.54) is 0 Å². The fourth-order valence-corrected chi connectivity index (χ4v) is 1.16. The average molecular weight is 187 g/mol. The molecule has 3 nitrogen and oxygen atoms in total. The third-order valence-electron chi connectivity index (χ3n) is 1.63. The van der Waals surface area contributed by atoms with Crippen LogP contribution in [0.15, 0.2) is 18.2 Å². The van der Waals surface area contributed by atoms with E-state index >= 15 is 0 Å². The van der Waals surface area contributed by atoms with E-state index in [-0.39, 0.29) is 6.54 Å². The second kappa shape index (κ2) is 3.76. The molecule has 0 saturated carbocycles. The van der Waals surface area contributed by atoms with Crippen LogP contribution in [0.5, 0.6) is 0 Å². The molecular weight excluding hydrogens is 176 g/mol. The highest BCUT2D eigenvalue weighted by atomic mass is 35.5. The summed E-state index contributed by atoms with van der Waals surface area (Å²) in [4.78, 5) is 0. The lowest BCUT2D eigenvalue weighted by molar-refractivity contribution is 0.187. The summed E-state index contributed by atoms with van der Waals surface area (Å²) in [6.07, 6.45) is -0.706. The Hall–Kier alpha value is -0.770. The van der Waals surface area contributed by atoms with Crippen LogP contribution in [0.4, 0.5) is 5.69 Å². The lowest BCUT2D eigenvalue weighted by atomic mass is 10.1. The first kappa shape index (κ1) is 9.32. The molecule has 0 aliphatic rings. The van der Waals surface area contributed by atoms with Gasteiger partial charge in [0, 0.05) is 22.8 Å². The van der Waals surface area contributed by atoms with Crippen LogP contribution in [0.1, 0.15) is 11.7 Å². The molecule has 5 N–H and O–H groups in total. The number of anilines is 1. The Morgan fingerprint density at radius 1 is 1.50 bits per heavy atom. The van der Waals surface area contributed by atoms with Gasteiger partial charge >= 0.3 is 0 Å². The summed E-state index contributed by atoms with van der Waals surface area (Å²) in [7, 11) is 0. The Morgan fingerprint density at radius 2 is 2.17 bits per heavy atom. The van der Waals surface area contributed by atoms with Crippen LogP contribution in [0, 0.1) is 0 Å². The van der Waals surface area contributed by atoms with Crippen molar-refractivity contribution in [1.29, 1.82) is 0 Å². The van der Waals surface area contributed by atoms with Crippen molar-refractivity contribution >= 4 is 17.3 Å². The summed E-state index contributed by atoms with van der Waals surface area (Å²) in [5, 5.41) is 9.91. The van der Waals surface area contributed by atoms with Gasteiger partial charge in [0.2, 0.25) is 0 Å². The molecule has 4 heteroatoms. The standard InChI is InChI=1S/C8H11ClN2O/c9-5-1-2-6(7(11)3-5)8(12)4-10/h1-3,8,12H,4,10-11H2. The minimum absolute atomic E-state index is 0.159. The summed E-state index contributed by atoms with van der Waals surface area (Å²) >= 11 is 5.67. The first-order valence-electron chi connectivity index (χ1n) is 3.58. The van der Waals surface area contributed by atoms with E-state index < -0.39 is 6.10 Å². The molecule has 1 unspecified atom stereocenters. The zero-order valence-electron chi connectivity index (χ0n) is 6.50. The van der Waals surface area contributed by atoms with Crippen molar-refractivity contribution in [1.82, 2.24) is 0 Å². The van der Waals surface area contributed by atoms with Crippen LogP contribution in [-0.4, -0.2) is 11.7 Å². The van der Waals surface area contributed by atoms with Crippen molar-refractivity contribution < 1.29 is 5.11 Å². The molecule has 12 heavy (non-hydrogen) atoms. The van der Waals surface area contributed by atoms with Crippen molar-refractivity contribution in [2.75, 3.05) is 12.3 Å². The molecular formula is C8H11ClN2O. The van der Waals surface area contributed by atoms with Gasteiger partial charge in [-0.15, -0.1) is 0 Å². The van der Waals surface area contributed by atoms with E-state index in [4.69, 9.17) is 23.1 Å². The number of aliphatic hydroxyl groups excluding tert-OH is 1. The Kier molecular flexibility index (Phi) is 2.92. The number of nitrogen functional groups attached to an aromatic ring is 1. The Bertz CT molecular complexity index is 278. The van der Waals surface area contributed by atoms with E-state index in [1.807, 2.05) is 0 Å². The first-order valence-corrected chi connectivity index (χ1v) is 3.96. The minimum atomic E-state index is -0.706. The van der Waals surface area contributed by atoms with Crippen molar-refractivity contribution in [3.05, 3.63) is 28.8 Å². The van der Waals surface area contributed by atoms with Gasteiger partial charge in [0.25, 0.3) is 0 Å². The molecule has 0 aliphatic heterocycles. The first-order chi connectivity index (χ1) is 5.65. The number of benzene rings is 1. The third kappa shape index (κ3) is 1.88. The third-order valence-corrected chi connectivity index (χ3v) is 1.87. The van der Waals surface area contributed by atoms with Crippen LogP contribution in [0.3, 0.4) is 0 Å². The van der Waals surface area contributed by atoms with Gasteiger partial charge in [-0.25, -0.2) is 0 Å². The normalized spacial score (nSPS) is 12.9. The van der Waals surface area contributed by atoms with Crippen molar-refractivity contribution in [2.45, 2.75) is 6.10 Å². The van der Waals surface area contributed by atoms with Gasteiger partial charge in [0.15, 0.2) is 0 Å². The predicted octanol–water partition coefficient (Wildman–Crippen LogP) is 0.914. The van der Waals surface area contributed by atoms with Crippen molar-refractivity contribution in [3.63, 3.8) is 0 Å². The van der Waals surface area contributed by atoms with Crippen molar-refractivity contribution in [3.8, 4) is 0 Å². The molecule has 1 rings (SSSR count). The molecule has 0 spiro atoms. The molecule has 0 bridgehead atoms. The molecule has 1 aromatic carbocycles. The Morgan fingerprint density at radius 3 is 2.67 bits per heavy atom. The van der Waals surface area contributed by atoms with Gasteiger partial charge in [-0.2, -0.15) is 0 Å². The zero-order chi connectivity index (χ0) is 9.14. The van der Waals surface area contributed by atoms with Gasteiger partial charge in [0.05, 0.1) is 6.10 Å². The molecule has 1 atom stereocenters. The van der Waals surface area contributed by atoms with E-state index in [9.17, 15) is 5.11 Å². The Balaban J connectivity index is 3.01. The van der Waals surface area contributed by atoms with Gasteiger partial charge in [-0.05, 0) is 12.1 Å². The van der Waals surface area contributed by atoms with Crippen LogP contribution in [-0.2, 0) is 0 Å². The topological polar surface area (TPSA) is 72.3 Å². The zero-order valence-corrected chi connectivity index (χ0v) is 7.25. The number of aliphatic hydroxyl groups is 1. The SMILES string of the molecule is NCC(O)c1ccc(Cl)cc1N. The summed E-state index contributed by atoms with van der Waals surface area (Å²) in [5.41, 5.74) is 12.0. The number of hydrogen-bond donors (Lipinski definition) is 3. The summed E-state index contributed by atoms with van der Waals surface area (Å²) in [6.45, 7) is 0.159. The fourth-order valence-electron chi connectivity index (χ4n) is 0.976. The lowest BCUT2D eigenvalue weighted by Gasteiger charge is -2.10. The maximum absolute atomic E-state index is 9.35. The van der Waals surface area contributed by atoms with Gasteiger partial charge in [-0.1, -0.05) is 17.7 Å². The minimum Gasteiger partial charge on any atom is -0.398 e. The number of hydrogen-bond acceptors (Lipinski definition) is 3. The number of halogens is 1. The molecule has 66 valence electrons. The van der Waals surface area contributed by atoms with E-state index in [1.54, 1.807) is 18.2 Å². The van der Waals surface area contributed by atoms with Gasteiger partial charge in [-0.3, -0.25) is 0 Å².